The number of rotatable bonds is 0. The molecule has 1 fully saturated rings. The molecule has 0 aromatic heterocycles. The fraction of sp³-hybridized carbons (Fsp3) is 0.857. The normalized spacial score (nSPS) is 25.0. The molecule has 3 nitrogen and oxygen atoms in total. The monoisotopic (exact) mass is 142 g/mol. The summed E-state index contributed by atoms with van der Waals surface area (Å²) in [4.78, 5) is 0. The average molecular weight is 142 g/mol. The maximum atomic E-state index is 8.43. The molecule has 0 aliphatic carbocycles. The van der Waals surface area contributed by atoms with E-state index in [2.05, 4.69) is 10.5 Å². The third kappa shape index (κ3) is 2.25. The van der Waals surface area contributed by atoms with Crippen LogP contribution in [-0.4, -0.2) is 17.6 Å². The first-order valence-electron chi connectivity index (χ1n) is 3.88. The highest BCUT2D eigenvalue weighted by Gasteiger charge is 2.02. The maximum Gasteiger partial charge on any atom is 0.141 e. The number of hydrogen-bond donors (Lipinski definition) is 2. The zero-order chi connectivity index (χ0) is 7.23. The summed E-state index contributed by atoms with van der Waals surface area (Å²) < 4.78 is 0. The molecule has 3 heteroatoms. The highest BCUT2D eigenvalue weighted by atomic mass is 16.4. The maximum absolute atomic E-state index is 8.43. The van der Waals surface area contributed by atoms with Gasteiger partial charge in [-0.05, 0) is 12.8 Å². The van der Waals surface area contributed by atoms with Crippen LogP contribution in [0.1, 0.15) is 32.1 Å². The molecule has 0 saturated carbocycles. The molecule has 1 aliphatic rings. The fourth-order valence-corrected chi connectivity index (χ4v) is 1.18. The molecule has 1 heterocycles. The zero-order valence-electron chi connectivity index (χ0n) is 6.14. The van der Waals surface area contributed by atoms with Gasteiger partial charge in [-0.15, -0.1) is 0 Å². The van der Waals surface area contributed by atoms with Crippen LogP contribution in [0.3, 0.4) is 0 Å². The number of amidine groups is 1. The molecule has 0 amide bonds. The molecule has 0 bridgehead atoms. The van der Waals surface area contributed by atoms with Crippen LogP contribution in [0, 0.1) is 0 Å². The van der Waals surface area contributed by atoms with Gasteiger partial charge in [-0.1, -0.05) is 18.0 Å². The minimum Gasteiger partial charge on any atom is -0.409 e. The highest BCUT2D eigenvalue weighted by molar-refractivity contribution is 5.81. The fourth-order valence-electron chi connectivity index (χ4n) is 1.18. The lowest BCUT2D eigenvalue weighted by molar-refractivity contribution is 0.314. The summed E-state index contributed by atoms with van der Waals surface area (Å²) in [6, 6.07) is 0. The van der Waals surface area contributed by atoms with E-state index in [1.165, 1.54) is 19.3 Å². The van der Waals surface area contributed by atoms with E-state index >= 15 is 0 Å². The van der Waals surface area contributed by atoms with E-state index in [0.29, 0.717) is 0 Å². The van der Waals surface area contributed by atoms with Crippen molar-refractivity contribution in [3.8, 4) is 0 Å². The van der Waals surface area contributed by atoms with Crippen molar-refractivity contribution in [3.05, 3.63) is 0 Å². The number of oxime groups is 1. The van der Waals surface area contributed by atoms with Crippen molar-refractivity contribution >= 4 is 5.84 Å². The largest absolute Gasteiger partial charge is 0.409 e. The lowest BCUT2D eigenvalue weighted by Crippen LogP contribution is -2.25. The molecule has 0 atom stereocenters. The van der Waals surface area contributed by atoms with E-state index < -0.39 is 0 Å². The van der Waals surface area contributed by atoms with Gasteiger partial charge in [0.15, 0.2) is 0 Å². The highest BCUT2D eigenvalue weighted by Crippen LogP contribution is 2.05. The molecule has 0 aromatic carbocycles. The number of nitrogens with one attached hydrogen (secondary N) is 1. The van der Waals surface area contributed by atoms with Gasteiger partial charge in [0.25, 0.3) is 0 Å². The Hall–Kier alpha value is -0.730. The summed E-state index contributed by atoms with van der Waals surface area (Å²) in [7, 11) is 0. The molecule has 58 valence electrons. The van der Waals surface area contributed by atoms with Gasteiger partial charge >= 0.3 is 0 Å². The molecule has 0 radical (unpaired) electrons. The molecule has 1 rings (SSSR count). The van der Waals surface area contributed by atoms with Gasteiger partial charge in [-0.3, -0.25) is 0 Å². The van der Waals surface area contributed by atoms with Gasteiger partial charge < -0.3 is 10.5 Å². The van der Waals surface area contributed by atoms with Crippen LogP contribution in [0.25, 0.3) is 0 Å². The van der Waals surface area contributed by atoms with Gasteiger partial charge in [0.2, 0.25) is 0 Å². The quantitative estimate of drug-likeness (QED) is 0.396. The summed E-state index contributed by atoms with van der Waals surface area (Å²) in [5, 5.41) is 14.7. The van der Waals surface area contributed by atoms with Crippen LogP contribution in [0.4, 0.5) is 0 Å². The number of hydrogen-bond acceptors (Lipinski definition) is 2. The first-order chi connectivity index (χ1) is 4.93. The minimum atomic E-state index is 0.750. The predicted octanol–water partition coefficient (Wildman–Crippen LogP) is 1.33. The van der Waals surface area contributed by atoms with E-state index in [4.69, 9.17) is 5.21 Å². The molecule has 2 N–H and O–H groups in total. The van der Waals surface area contributed by atoms with Gasteiger partial charge in [0.1, 0.15) is 5.84 Å². The summed E-state index contributed by atoms with van der Waals surface area (Å²) in [5.41, 5.74) is 0. The molecule has 0 aromatic rings. The topological polar surface area (TPSA) is 44.6 Å². The van der Waals surface area contributed by atoms with Crippen LogP contribution in [0.2, 0.25) is 0 Å². The van der Waals surface area contributed by atoms with E-state index in [1.807, 2.05) is 0 Å². The van der Waals surface area contributed by atoms with Crippen molar-refractivity contribution < 1.29 is 5.21 Å². The lowest BCUT2D eigenvalue weighted by Gasteiger charge is -2.11. The molecule has 0 spiro atoms. The summed E-state index contributed by atoms with van der Waals surface area (Å²) in [6.45, 7) is 0.958. The first kappa shape index (κ1) is 7.38. The second-order valence-corrected chi connectivity index (χ2v) is 2.64. The molecule has 0 unspecified atom stereocenters. The second kappa shape index (κ2) is 4.14. The Morgan fingerprint density at radius 1 is 1.20 bits per heavy atom. The summed E-state index contributed by atoms with van der Waals surface area (Å²) >= 11 is 0. The zero-order valence-corrected chi connectivity index (χ0v) is 6.14. The van der Waals surface area contributed by atoms with E-state index in [0.717, 1.165) is 25.2 Å². The smallest absolute Gasteiger partial charge is 0.141 e. The summed E-state index contributed by atoms with van der Waals surface area (Å²) in [5.74, 6) is 0.750. The number of nitrogens with zero attached hydrogens (tertiary/aromatic N) is 1. The third-order valence-corrected chi connectivity index (χ3v) is 1.79. The molecular formula is C7H14N2O. The van der Waals surface area contributed by atoms with Gasteiger partial charge in [-0.2, -0.15) is 0 Å². The Morgan fingerprint density at radius 3 is 2.80 bits per heavy atom. The van der Waals surface area contributed by atoms with Crippen molar-refractivity contribution in [3.63, 3.8) is 0 Å². The molecule has 1 saturated heterocycles. The van der Waals surface area contributed by atoms with Gasteiger partial charge in [0, 0.05) is 13.0 Å². The van der Waals surface area contributed by atoms with E-state index in [1.54, 1.807) is 0 Å². The van der Waals surface area contributed by atoms with Gasteiger partial charge in [0.05, 0.1) is 0 Å². The minimum absolute atomic E-state index is 0.750. The van der Waals surface area contributed by atoms with E-state index in [9.17, 15) is 0 Å². The van der Waals surface area contributed by atoms with Crippen LogP contribution in [0.15, 0.2) is 5.16 Å². The Kier molecular flexibility index (Phi) is 3.06. The van der Waals surface area contributed by atoms with Crippen LogP contribution >= 0.6 is 0 Å². The molecule has 10 heavy (non-hydrogen) atoms. The van der Waals surface area contributed by atoms with Crippen molar-refractivity contribution in [1.82, 2.24) is 5.32 Å². The van der Waals surface area contributed by atoms with Crippen LogP contribution in [-0.2, 0) is 0 Å². The Balaban J connectivity index is 2.30. The summed E-state index contributed by atoms with van der Waals surface area (Å²) in [6.07, 6.45) is 5.80. The van der Waals surface area contributed by atoms with Crippen LogP contribution in [0.5, 0.6) is 0 Å². The standard InChI is InChI=1S/C7H14N2O/c10-9-7-5-3-1-2-4-6-8-7/h10H,1-6H2,(H,8,9). The van der Waals surface area contributed by atoms with Crippen molar-refractivity contribution in [2.75, 3.05) is 6.54 Å². The predicted molar refractivity (Wildman–Crippen MR) is 40.3 cm³/mol. The molecule has 1 aliphatic heterocycles. The third-order valence-electron chi connectivity index (χ3n) is 1.79. The SMILES string of the molecule is O/N=C1\CCCCCCN1. The van der Waals surface area contributed by atoms with Crippen molar-refractivity contribution in [2.24, 2.45) is 5.16 Å². The van der Waals surface area contributed by atoms with Crippen LogP contribution < -0.4 is 5.32 Å². The lowest BCUT2D eigenvalue weighted by atomic mass is 10.1. The molecular weight excluding hydrogens is 128 g/mol. The first-order valence-corrected chi connectivity index (χ1v) is 3.88. The van der Waals surface area contributed by atoms with Crippen molar-refractivity contribution in [2.45, 2.75) is 32.1 Å². The Morgan fingerprint density at radius 2 is 2.00 bits per heavy atom. The average Bonchev–Trinajstić information content (AvgIpc) is 1.87. The Bertz CT molecular complexity index is 113. The Labute approximate surface area is 61.1 Å². The van der Waals surface area contributed by atoms with Crippen molar-refractivity contribution in [1.29, 1.82) is 0 Å². The van der Waals surface area contributed by atoms with Gasteiger partial charge in [-0.25, -0.2) is 0 Å². The van der Waals surface area contributed by atoms with E-state index in [-0.39, 0.29) is 0 Å². The second-order valence-electron chi connectivity index (χ2n) is 2.64.